The van der Waals surface area contributed by atoms with Crippen LogP contribution in [-0.2, 0) is 11.3 Å². The van der Waals surface area contributed by atoms with Crippen LogP contribution in [0.1, 0.15) is 15.9 Å². The summed E-state index contributed by atoms with van der Waals surface area (Å²) < 4.78 is 5.16. The lowest BCUT2D eigenvalue weighted by Crippen LogP contribution is -2.05. The summed E-state index contributed by atoms with van der Waals surface area (Å²) >= 11 is 17.5. The van der Waals surface area contributed by atoms with Gasteiger partial charge in [-0.1, -0.05) is 40.9 Å². The largest absolute Gasteiger partial charge is 0.457 e. The van der Waals surface area contributed by atoms with Crippen LogP contribution in [0.5, 0.6) is 0 Å². The van der Waals surface area contributed by atoms with Gasteiger partial charge in [0, 0.05) is 0 Å². The Hall–Kier alpha value is -1.42. The van der Waals surface area contributed by atoms with Crippen molar-refractivity contribution in [3.63, 3.8) is 0 Å². The lowest BCUT2D eigenvalue weighted by atomic mass is 10.2. The first-order valence-electron chi connectivity index (χ1n) is 5.63. The van der Waals surface area contributed by atoms with E-state index in [1.54, 1.807) is 30.3 Å². The van der Waals surface area contributed by atoms with E-state index in [4.69, 9.17) is 45.3 Å². The van der Waals surface area contributed by atoms with E-state index in [-0.39, 0.29) is 6.61 Å². The molecule has 0 saturated carbocycles. The summed E-state index contributed by atoms with van der Waals surface area (Å²) in [5.74, 6) is -0.488. The summed E-state index contributed by atoms with van der Waals surface area (Å²) in [5.41, 5.74) is 7.07. The van der Waals surface area contributed by atoms with E-state index < -0.39 is 5.97 Å². The topological polar surface area (TPSA) is 52.3 Å². The van der Waals surface area contributed by atoms with Crippen LogP contribution in [0.15, 0.2) is 36.4 Å². The molecular formula is C14H10Cl3NO2. The monoisotopic (exact) mass is 329 g/mol. The van der Waals surface area contributed by atoms with Gasteiger partial charge in [0.15, 0.2) is 0 Å². The summed E-state index contributed by atoms with van der Waals surface area (Å²) in [7, 11) is 0. The third kappa shape index (κ3) is 3.57. The lowest BCUT2D eigenvalue weighted by molar-refractivity contribution is 0.0473. The number of esters is 1. The Kier molecular flexibility index (Phi) is 4.76. The summed E-state index contributed by atoms with van der Waals surface area (Å²) in [6.45, 7) is 0.0950. The fourth-order valence-electron chi connectivity index (χ4n) is 1.52. The first-order valence-corrected chi connectivity index (χ1v) is 6.77. The van der Waals surface area contributed by atoms with Crippen molar-refractivity contribution >= 4 is 46.5 Å². The molecule has 0 atom stereocenters. The molecule has 104 valence electrons. The van der Waals surface area contributed by atoms with E-state index in [2.05, 4.69) is 0 Å². The van der Waals surface area contributed by atoms with Gasteiger partial charge < -0.3 is 10.5 Å². The quantitative estimate of drug-likeness (QED) is 0.661. The van der Waals surface area contributed by atoms with Crippen molar-refractivity contribution in [2.45, 2.75) is 6.61 Å². The smallest absolute Gasteiger partial charge is 0.338 e. The number of hydrogen-bond acceptors (Lipinski definition) is 3. The molecule has 0 fully saturated rings. The first-order chi connectivity index (χ1) is 9.47. The second-order valence-electron chi connectivity index (χ2n) is 4.06. The van der Waals surface area contributed by atoms with Gasteiger partial charge in [-0.3, -0.25) is 0 Å². The number of ether oxygens (including phenoxy) is 1. The Morgan fingerprint density at radius 1 is 1.00 bits per heavy atom. The molecule has 0 radical (unpaired) electrons. The van der Waals surface area contributed by atoms with Gasteiger partial charge in [-0.05, 0) is 35.9 Å². The molecule has 2 N–H and O–H groups in total. The molecule has 0 aromatic heterocycles. The maximum Gasteiger partial charge on any atom is 0.338 e. The first kappa shape index (κ1) is 15.0. The maximum atomic E-state index is 11.9. The minimum absolute atomic E-state index is 0.0950. The van der Waals surface area contributed by atoms with Crippen molar-refractivity contribution in [1.82, 2.24) is 0 Å². The number of anilines is 1. The van der Waals surface area contributed by atoms with Gasteiger partial charge >= 0.3 is 5.97 Å². The zero-order valence-corrected chi connectivity index (χ0v) is 12.5. The third-order valence-electron chi connectivity index (χ3n) is 2.59. The standard InChI is InChI=1S/C14H10Cl3NO2/c15-10-3-1-8(5-11(10)16)7-20-14(19)9-2-4-13(18)12(17)6-9/h1-6H,7,18H2. The maximum absolute atomic E-state index is 11.9. The molecule has 0 saturated heterocycles. The predicted molar refractivity (Wildman–Crippen MR) is 81.4 cm³/mol. The Labute approximate surface area is 131 Å². The van der Waals surface area contributed by atoms with Crippen molar-refractivity contribution in [2.75, 3.05) is 5.73 Å². The molecule has 0 heterocycles. The zero-order valence-electron chi connectivity index (χ0n) is 10.2. The molecule has 20 heavy (non-hydrogen) atoms. The minimum atomic E-state index is -0.488. The van der Waals surface area contributed by atoms with Crippen LogP contribution >= 0.6 is 34.8 Å². The second kappa shape index (κ2) is 6.35. The molecule has 2 aromatic carbocycles. The number of carbonyl (C=O) groups is 1. The molecule has 0 unspecified atom stereocenters. The molecule has 0 amide bonds. The van der Waals surface area contributed by atoms with Crippen molar-refractivity contribution in [2.24, 2.45) is 0 Å². The van der Waals surface area contributed by atoms with Crippen molar-refractivity contribution in [3.05, 3.63) is 62.6 Å². The number of rotatable bonds is 3. The molecule has 0 aliphatic heterocycles. The summed E-state index contributed by atoms with van der Waals surface area (Å²) in [6.07, 6.45) is 0. The Morgan fingerprint density at radius 3 is 2.40 bits per heavy atom. The van der Waals surface area contributed by atoms with Crippen LogP contribution < -0.4 is 5.73 Å². The molecule has 0 aliphatic rings. The number of nitrogens with two attached hydrogens (primary N) is 1. The normalized spacial score (nSPS) is 10.3. The van der Waals surface area contributed by atoms with E-state index >= 15 is 0 Å². The molecule has 2 aromatic rings. The van der Waals surface area contributed by atoms with Crippen molar-refractivity contribution in [1.29, 1.82) is 0 Å². The number of carbonyl (C=O) groups excluding carboxylic acids is 1. The second-order valence-corrected chi connectivity index (χ2v) is 5.28. The number of nitrogen functional groups attached to an aromatic ring is 1. The molecular weight excluding hydrogens is 321 g/mol. The van der Waals surface area contributed by atoms with Gasteiger partial charge in [0.25, 0.3) is 0 Å². The molecule has 0 bridgehead atoms. The number of halogens is 3. The van der Waals surface area contributed by atoms with Gasteiger partial charge in [-0.15, -0.1) is 0 Å². The summed E-state index contributed by atoms with van der Waals surface area (Å²) in [6, 6.07) is 9.60. The van der Waals surface area contributed by atoms with Crippen LogP contribution in [-0.4, -0.2) is 5.97 Å². The van der Waals surface area contributed by atoms with Gasteiger partial charge in [0.05, 0.1) is 26.3 Å². The Bertz CT molecular complexity index is 659. The van der Waals surface area contributed by atoms with Crippen LogP contribution in [0.3, 0.4) is 0 Å². The van der Waals surface area contributed by atoms with E-state index in [0.29, 0.717) is 26.3 Å². The Balaban J connectivity index is 2.04. The minimum Gasteiger partial charge on any atom is -0.457 e. The van der Waals surface area contributed by atoms with Gasteiger partial charge in [0.1, 0.15) is 6.61 Å². The van der Waals surface area contributed by atoms with Crippen LogP contribution in [0, 0.1) is 0 Å². The number of benzene rings is 2. The van der Waals surface area contributed by atoms with Crippen molar-refractivity contribution in [3.8, 4) is 0 Å². The highest BCUT2D eigenvalue weighted by atomic mass is 35.5. The highest BCUT2D eigenvalue weighted by Gasteiger charge is 2.10. The summed E-state index contributed by atoms with van der Waals surface area (Å²) in [5, 5.41) is 1.18. The van der Waals surface area contributed by atoms with Gasteiger partial charge in [0.2, 0.25) is 0 Å². The third-order valence-corrected chi connectivity index (χ3v) is 3.66. The lowest BCUT2D eigenvalue weighted by Gasteiger charge is -2.07. The number of hydrogen-bond donors (Lipinski definition) is 1. The van der Waals surface area contributed by atoms with Crippen LogP contribution in [0.25, 0.3) is 0 Å². The van der Waals surface area contributed by atoms with E-state index in [9.17, 15) is 4.79 Å². The van der Waals surface area contributed by atoms with E-state index in [0.717, 1.165) is 5.56 Å². The predicted octanol–water partition coefficient (Wildman–Crippen LogP) is 4.59. The SMILES string of the molecule is Nc1ccc(C(=O)OCc2ccc(Cl)c(Cl)c2)cc1Cl. The highest BCUT2D eigenvalue weighted by Crippen LogP contribution is 2.23. The Morgan fingerprint density at radius 2 is 1.75 bits per heavy atom. The van der Waals surface area contributed by atoms with Crippen molar-refractivity contribution < 1.29 is 9.53 Å². The average molecular weight is 331 g/mol. The fraction of sp³-hybridized carbons (Fsp3) is 0.0714. The molecule has 0 aliphatic carbocycles. The van der Waals surface area contributed by atoms with Gasteiger partial charge in [-0.25, -0.2) is 4.79 Å². The summed E-state index contributed by atoms with van der Waals surface area (Å²) in [4.78, 5) is 11.9. The zero-order chi connectivity index (χ0) is 14.7. The molecule has 6 heteroatoms. The van der Waals surface area contributed by atoms with Gasteiger partial charge in [-0.2, -0.15) is 0 Å². The fourth-order valence-corrected chi connectivity index (χ4v) is 2.02. The van der Waals surface area contributed by atoms with E-state index in [1.165, 1.54) is 6.07 Å². The molecule has 0 spiro atoms. The van der Waals surface area contributed by atoms with Crippen LogP contribution in [0.4, 0.5) is 5.69 Å². The van der Waals surface area contributed by atoms with Crippen LogP contribution in [0.2, 0.25) is 15.1 Å². The highest BCUT2D eigenvalue weighted by molar-refractivity contribution is 6.42. The molecule has 2 rings (SSSR count). The van der Waals surface area contributed by atoms with E-state index in [1.807, 2.05) is 0 Å². The average Bonchev–Trinajstić information content (AvgIpc) is 2.43. The molecule has 3 nitrogen and oxygen atoms in total.